The predicted octanol–water partition coefficient (Wildman–Crippen LogP) is 17.7. The van der Waals surface area contributed by atoms with Crippen LogP contribution in [0, 0.1) is 11.6 Å². The Balaban J connectivity index is 0.730. The highest BCUT2D eigenvalue weighted by Gasteiger charge is 2.39. The fourth-order valence-electron chi connectivity index (χ4n) is 12.2. The number of aromatic nitrogens is 4. The number of rotatable bonds is 10. The summed E-state index contributed by atoms with van der Waals surface area (Å²) < 4.78 is 28.1. The van der Waals surface area contributed by atoms with E-state index in [-0.39, 0.29) is 27.9 Å². The molecule has 0 unspecified atom stereocenters. The largest absolute Gasteiger partial charge is 0.294 e. The molecule has 0 spiro atoms. The first kappa shape index (κ1) is 47.6. The molecule has 77 heavy (non-hydrogen) atoms. The van der Waals surface area contributed by atoms with Crippen molar-refractivity contribution in [2.24, 2.45) is 0 Å². The normalized spacial score (nSPS) is 14.7. The summed E-state index contributed by atoms with van der Waals surface area (Å²) in [6.07, 6.45) is 19.1. The van der Waals surface area contributed by atoms with Crippen molar-refractivity contribution in [3.8, 4) is 33.4 Å². The van der Waals surface area contributed by atoms with Crippen molar-refractivity contribution in [1.82, 2.24) is 19.9 Å². The Kier molecular flexibility index (Phi) is 11.1. The van der Waals surface area contributed by atoms with Gasteiger partial charge in [0.15, 0.2) is 11.6 Å². The van der Waals surface area contributed by atoms with Crippen LogP contribution in [0.4, 0.5) is 43.2 Å². The van der Waals surface area contributed by atoms with Gasteiger partial charge >= 0.3 is 0 Å². The molecule has 374 valence electrons. The Morgan fingerprint density at radius 2 is 0.597 bits per heavy atom. The third-order valence-corrected chi connectivity index (χ3v) is 16.3. The minimum atomic E-state index is -0.287. The van der Waals surface area contributed by atoms with Crippen LogP contribution in [0.15, 0.2) is 195 Å². The first-order chi connectivity index (χ1) is 37.2. The van der Waals surface area contributed by atoms with Gasteiger partial charge in [-0.15, -0.1) is 0 Å². The molecule has 0 fully saturated rings. The second-order valence-electron chi connectivity index (χ2n) is 22.0. The van der Waals surface area contributed by atoms with E-state index < -0.39 is 0 Å². The van der Waals surface area contributed by atoms with Crippen LogP contribution < -0.4 is 9.80 Å². The van der Waals surface area contributed by atoms with E-state index in [4.69, 9.17) is 0 Å². The molecule has 8 aromatic carbocycles. The number of nitrogens with zero attached hydrogens (tertiary/aromatic N) is 6. The second kappa shape index (κ2) is 18.0. The highest BCUT2D eigenvalue weighted by Crippen LogP contribution is 2.54. The van der Waals surface area contributed by atoms with Crippen molar-refractivity contribution >= 4 is 58.7 Å². The molecule has 0 N–H and O–H groups in total. The fraction of sp³-hybridized carbons (Fsp3) is 0.130. The first-order valence-corrected chi connectivity index (χ1v) is 26.1. The van der Waals surface area contributed by atoms with Crippen LogP contribution in [-0.2, 0) is 16.2 Å². The first-order valence-electron chi connectivity index (χ1n) is 26.1. The number of anilines is 6. The Hall–Kier alpha value is -9.14. The third-order valence-electron chi connectivity index (χ3n) is 16.3. The van der Waals surface area contributed by atoms with E-state index in [9.17, 15) is 8.78 Å². The smallest absolute Gasteiger partial charge is 0.156 e. The zero-order chi connectivity index (χ0) is 52.8. The maximum atomic E-state index is 14.1. The quantitative estimate of drug-likeness (QED) is 0.127. The molecular weight excluding hydrogens is 951 g/mol. The zero-order valence-corrected chi connectivity index (χ0v) is 43.7. The van der Waals surface area contributed by atoms with Crippen molar-refractivity contribution in [3.05, 3.63) is 262 Å². The molecule has 0 radical (unpaired) electrons. The summed E-state index contributed by atoms with van der Waals surface area (Å²) >= 11 is 0. The SMILES string of the molecule is CC1(C)c2cc(C=Cc3ccc4c(c3)C(C)(C)c3cc(N(c5ccc(F)cc5)c5cnccn5)ccc3-4)ccc2-c2ccc(C=Cc3ccc4c(c3)C(C)(C)c3cc(N(c5ccc(F)cc5)c5cnccn5)ccc3-4)cc21. The summed E-state index contributed by atoms with van der Waals surface area (Å²) in [6, 6.07) is 53.5. The molecule has 0 bridgehead atoms. The van der Waals surface area contributed by atoms with Gasteiger partial charge in [-0.25, -0.2) is 18.7 Å². The van der Waals surface area contributed by atoms with Gasteiger partial charge in [0.25, 0.3) is 0 Å². The minimum absolute atomic E-state index is 0.193. The van der Waals surface area contributed by atoms with Crippen LogP contribution >= 0.6 is 0 Å². The van der Waals surface area contributed by atoms with Gasteiger partial charge in [-0.2, -0.15) is 0 Å². The molecule has 3 aliphatic rings. The molecule has 0 saturated heterocycles. The average Bonchev–Trinajstić information content (AvgIpc) is 4.07. The van der Waals surface area contributed by atoms with Gasteiger partial charge in [-0.3, -0.25) is 19.8 Å². The van der Waals surface area contributed by atoms with E-state index in [2.05, 4.69) is 195 Å². The molecule has 2 heterocycles. The maximum Gasteiger partial charge on any atom is 0.156 e. The minimum Gasteiger partial charge on any atom is -0.294 e. The zero-order valence-electron chi connectivity index (χ0n) is 43.7. The van der Waals surface area contributed by atoms with Crippen LogP contribution in [0.5, 0.6) is 0 Å². The summed E-state index contributed by atoms with van der Waals surface area (Å²) in [6.45, 7) is 13.8. The predicted molar refractivity (Wildman–Crippen MR) is 310 cm³/mol. The van der Waals surface area contributed by atoms with Crippen LogP contribution in [0.1, 0.15) is 97.2 Å². The highest BCUT2D eigenvalue weighted by atomic mass is 19.1. The number of benzene rings is 8. The molecule has 0 amide bonds. The van der Waals surface area contributed by atoms with Crippen LogP contribution in [-0.4, -0.2) is 19.9 Å². The average molecular weight is 1010 g/mol. The van der Waals surface area contributed by atoms with Gasteiger partial charge in [0.2, 0.25) is 0 Å². The summed E-state index contributed by atoms with van der Waals surface area (Å²) in [5.74, 6) is 0.742. The van der Waals surface area contributed by atoms with Gasteiger partial charge in [0.1, 0.15) is 11.6 Å². The number of hydrogen-bond donors (Lipinski definition) is 0. The van der Waals surface area contributed by atoms with Crippen molar-refractivity contribution in [3.63, 3.8) is 0 Å². The lowest BCUT2D eigenvalue weighted by atomic mass is 9.81. The van der Waals surface area contributed by atoms with Crippen molar-refractivity contribution in [2.45, 2.75) is 57.8 Å². The molecule has 0 saturated carbocycles. The molecule has 2 aromatic heterocycles. The van der Waals surface area contributed by atoms with E-state index in [0.29, 0.717) is 11.6 Å². The van der Waals surface area contributed by atoms with Gasteiger partial charge in [-0.1, -0.05) is 151 Å². The Labute approximate surface area is 448 Å². The topological polar surface area (TPSA) is 58.0 Å². The molecule has 13 rings (SSSR count). The monoisotopic (exact) mass is 1000 g/mol. The molecule has 10 aromatic rings. The maximum absolute atomic E-state index is 14.1. The number of halogens is 2. The van der Waals surface area contributed by atoms with Gasteiger partial charge in [0, 0.05) is 63.8 Å². The Morgan fingerprint density at radius 3 is 0.883 bits per heavy atom. The van der Waals surface area contributed by atoms with Crippen LogP contribution in [0.2, 0.25) is 0 Å². The van der Waals surface area contributed by atoms with Gasteiger partial charge in [0.05, 0.1) is 12.4 Å². The lowest BCUT2D eigenvalue weighted by Crippen LogP contribution is -2.17. The number of fused-ring (bicyclic) bond motifs is 9. The Bertz CT molecular complexity index is 3770. The second-order valence-corrected chi connectivity index (χ2v) is 22.0. The molecule has 0 atom stereocenters. The van der Waals surface area contributed by atoms with Crippen molar-refractivity contribution in [1.29, 1.82) is 0 Å². The molecule has 8 heteroatoms. The van der Waals surface area contributed by atoms with E-state index in [1.54, 1.807) is 61.4 Å². The molecule has 3 aliphatic carbocycles. The summed E-state index contributed by atoms with van der Waals surface area (Å²) in [4.78, 5) is 22.0. The van der Waals surface area contributed by atoms with E-state index in [1.807, 2.05) is 9.80 Å². The molecule has 0 aliphatic heterocycles. The molecule has 6 nitrogen and oxygen atoms in total. The van der Waals surface area contributed by atoms with Crippen molar-refractivity contribution in [2.75, 3.05) is 9.80 Å². The lowest BCUT2D eigenvalue weighted by molar-refractivity contribution is 0.627. The summed E-state index contributed by atoms with van der Waals surface area (Å²) in [7, 11) is 0. The third kappa shape index (κ3) is 8.06. The van der Waals surface area contributed by atoms with Gasteiger partial charge < -0.3 is 0 Å². The van der Waals surface area contributed by atoms with Gasteiger partial charge in [-0.05, 0) is 162 Å². The van der Waals surface area contributed by atoms with E-state index in [1.165, 1.54) is 91.0 Å². The summed E-state index contributed by atoms with van der Waals surface area (Å²) in [5, 5.41) is 0. The van der Waals surface area contributed by atoms with Crippen molar-refractivity contribution < 1.29 is 8.78 Å². The standard InChI is InChI=1S/C69H54F2N6/c1-67(2)59-35-43(7-9-45-13-27-55-57-29-23-51(39-63(57)68(3,4)61(55)37-45)76(65-41-72-31-33-74-65)49-19-15-47(70)16-20-49)11-25-53(59)54-26-12-44(36-60(54)67)8-10-46-14-28-56-58-30-24-52(40-64(58)69(5,6)62(56)38-46)77(66-42-73-32-34-75-66)50-21-17-48(71)18-22-50/h7-42H,1-6H3. The van der Waals surface area contributed by atoms with Crippen LogP contribution in [0.25, 0.3) is 57.7 Å². The lowest BCUT2D eigenvalue weighted by Gasteiger charge is -2.27. The van der Waals surface area contributed by atoms with E-state index in [0.717, 1.165) is 45.0 Å². The number of hydrogen-bond acceptors (Lipinski definition) is 6. The van der Waals surface area contributed by atoms with E-state index >= 15 is 0 Å². The Morgan fingerprint density at radius 1 is 0.325 bits per heavy atom. The highest BCUT2D eigenvalue weighted by molar-refractivity contribution is 5.90. The van der Waals surface area contributed by atoms with Crippen LogP contribution in [0.3, 0.4) is 0 Å². The summed E-state index contributed by atoms with van der Waals surface area (Å²) in [5.41, 5.74) is 22.5. The molecular formula is C69H54F2N6. The fourth-order valence-corrected chi connectivity index (χ4v) is 12.2.